The number of nitrogens with zero attached hydrogens (tertiary/aromatic N) is 2. The summed E-state index contributed by atoms with van der Waals surface area (Å²) in [5.74, 6) is 1.04. The van der Waals surface area contributed by atoms with Crippen molar-refractivity contribution in [2.45, 2.75) is 33.3 Å². The van der Waals surface area contributed by atoms with Gasteiger partial charge in [-0.2, -0.15) is 4.99 Å². The minimum Gasteiger partial charge on any atom is -0.430 e. The molecule has 5 nitrogen and oxygen atoms in total. The molecule has 148 valence electrons. The zero-order valence-electron chi connectivity index (χ0n) is 16.6. The molecule has 1 aliphatic rings. The number of nitrogens with two attached hydrogens (primary N) is 1. The van der Waals surface area contributed by atoms with E-state index >= 15 is 0 Å². The molecule has 1 saturated heterocycles. The van der Waals surface area contributed by atoms with E-state index in [2.05, 4.69) is 22.9 Å². The Hall–Kier alpha value is -2.28. The van der Waals surface area contributed by atoms with Crippen LogP contribution in [-0.4, -0.2) is 46.8 Å². The lowest BCUT2D eigenvalue weighted by molar-refractivity contribution is 0.00309. The maximum Gasteiger partial charge on any atom is 0.290 e. The Balaban J connectivity index is 1.64. The highest BCUT2D eigenvalue weighted by atomic mass is 32.1. The molecule has 6 heteroatoms. The van der Waals surface area contributed by atoms with E-state index in [0.717, 1.165) is 48.3 Å². The Morgan fingerprint density at radius 1 is 1.18 bits per heavy atom. The molecule has 0 aliphatic carbocycles. The topological polar surface area (TPSA) is 71.1 Å². The van der Waals surface area contributed by atoms with Gasteiger partial charge in [-0.25, -0.2) is 0 Å². The average Bonchev–Trinajstić information content (AvgIpc) is 2.61. The molecule has 1 fully saturated rings. The molecule has 0 aromatic heterocycles. The van der Waals surface area contributed by atoms with Gasteiger partial charge < -0.3 is 15.6 Å². The van der Waals surface area contributed by atoms with Gasteiger partial charge in [-0.1, -0.05) is 35.9 Å². The average molecular weight is 398 g/mol. The molecule has 0 saturated carbocycles. The smallest absolute Gasteiger partial charge is 0.290 e. The molecule has 0 bridgehead atoms. The number of rotatable bonds is 5. The minimum absolute atomic E-state index is 0.0999. The van der Waals surface area contributed by atoms with Crippen molar-refractivity contribution in [1.29, 1.82) is 0 Å². The second-order valence-electron chi connectivity index (χ2n) is 7.44. The van der Waals surface area contributed by atoms with Crippen molar-refractivity contribution in [2.75, 3.05) is 19.6 Å². The van der Waals surface area contributed by atoms with E-state index in [1.54, 1.807) is 0 Å². The lowest BCUT2D eigenvalue weighted by atomic mass is 10.0. The molecule has 1 heterocycles. The standard InChI is InChI=1S/C22H27N3O2S/c1-14-4-6-17(7-5-14)21(23)24-22(28)27-20-11-15(2)18(10-16(20)3)8-9-25-12-19(26)13-25/h4-7,10-11,19,26H,8-9,12-13H2,1-3H3,(H2,23,24,28). The third kappa shape index (κ3) is 5.16. The molecule has 2 aromatic carbocycles. The summed E-state index contributed by atoms with van der Waals surface area (Å²) >= 11 is 5.27. The van der Waals surface area contributed by atoms with E-state index in [0.29, 0.717) is 11.6 Å². The summed E-state index contributed by atoms with van der Waals surface area (Å²) in [5.41, 5.74) is 11.5. The van der Waals surface area contributed by atoms with E-state index in [4.69, 9.17) is 22.7 Å². The van der Waals surface area contributed by atoms with Crippen LogP contribution in [0.25, 0.3) is 0 Å². The van der Waals surface area contributed by atoms with Crippen LogP contribution in [0.1, 0.15) is 27.8 Å². The number of β-amino-alcohol motifs (C(OH)–C–C–N with tert-alkyl or cyclic N) is 1. The zero-order valence-corrected chi connectivity index (χ0v) is 17.4. The van der Waals surface area contributed by atoms with Crippen LogP contribution in [0.2, 0.25) is 0 Å². The van der Waals surface area contributed by atoms with Crippen LogP contribution in [0.4, 0.5) is 0 Å². The number of aliphatic hydroxyl groups excluding tert-OH is 1. The fourth-order valence-electron chi connectivity index (χ4n) is 3.24. The normalized spacial score (nSPS) is 15.4. The Bertz CT molecular complexity index is 887. The molecule has 0 spiro atoms. The number of aryl methyl sites for hydroxylation is 3. The third-order valence-electron chi connectivity index (χ3n) is 5.03. The van der Waals surface area contributed by atoms with Gasteiger partial charge in [0.05, 0.1) is 6.10 Å². The molecule has 0 radical (unpaired) electrons. The molecular formula is C22H27N3O2S. The fraction of sp³-hybridized carbons (Fsp3) is 0.364. The molecule has 0 unspecified atom stereocenters. The van der Waals surface area contributed by atoms with Gasteiger partial charge in [-0.05, 0) is 62.2 Å². The van der Waals surface area contributed by atoms with Crippen LogP contribution in [0.3, 0.4) is 0 Å². The van der Waals surface area contributed by atoms with Gasteiger partial charge >= 0.3 is 0 Å². The predicted molar refractivity (Wildman–Crippen MR) is 117 cm³/mol. The van der Waals surface area contributed by atoms with Crippen molar-refractivity contribution < 1.29 is 9.84 Å². The van der Waals surface area contributed by atoms with Crippen LogP contribution < -0.4 is 10.5 Å². The summed E-state index contributed by atoms with van der Waals surface area (Å²) in [4.78, 5) is 6.48. The van der Waals surface area contributed by atoms with Gasteiger partial charge in [-0.3, -0.25) is 4.90 Å². The highest BCUT2D eigenvalue weighted by Crippen LogP contribution is 2.24. The van der Waals surface area contributed by atoms with E-state index in [1.807, 2.05) is 44.2 Å². The van der Waals surface area contributed by atoms with Gasteiger partial charge in [0.1, 0.15) is 11.6 Å². The van der Waals surface area contributed by atoms with Crippen LogP contribution in [0.5, 0.6) is 5.75 Å². The van der Waals surface area contributed by atoms with Gasteiger partial charge in [0.15, 0.2) is 0 Å². The first-order valence-corrected chi connectivity index (χ1v) is 9.86. The summed E-state index contributed by atoms with van der Waals surface area (Å²) in [6.07, 6.45) is 0.787. The van der Waals surface area contributed by atoms with E-state index in [-0.39, 0.29) is 11.3 Å². The van der Waals surface area contributed by atoms with Crippen LogP contribution in [0.15, 0.2) is 41.4 Å². The first-order chi connectivity index (χ1) is 13.3. The number of likely N-dealkylation sites (tertiary alicyclic amines) is 1. The van der Waals surface area contributed by atoms with Crippen molar-refractivity contribution >= 4 is 23.2 Å². The fourth-order valence-corrected chi connectivity index (χ4v) is 3.42. The number of benzene rings is 2. The van der Waals surface area contributed by atoms with Crippen molar-refractivity contribution in [2.24, 2.45) is 10.7 Å². The van der Waals surface area contributed by atoms with Crippen molar-refractivity contribution in [3.05, 3.63) is 64.2 Å². The number of hydrogen-bond donors (Lipinski definition) is 2. The third-order valence-corrected chi connectivity index (χ3v) is 5.20. The summed E-state index contributed by atoms with van der Waals surface area (Å²) < 4.78 is 5.79. The summed E-state index contributed by atoms with van der Waals surface area (Å²) in [6.45, 7) is 8.59. The van der Waals surface area contributed by atoms with Gasteiger partial charge in [0.25, 0.3) is 5.17 Å². The SMILES string of the molecule is Cc1ccc(C(N)=NC(=S)Oc2cc(C)c(CCN3CC(O)C3)cc2C)cc1. The Labute approximate surface area is 171 Å². The molecule has 1 aliphatic heterocycles. The molecule has 28 heavy (non-hydrogen) atoms. The van der Waals surface area contributed by atoms with Crippen molar-refractivity contribution in [3.8, 4) is 5.75 Å². The van der Waals surface area contributed by atoms with Gasteiger partial charge in [0.2, 0.25) is 0 Å². The highest BCUT2D eigenvalue weighted by Gasteiger charge is 2.23. The van der Waals surface area contributed by atoms with Crippen molar-refractivity contribution in [1.82, 2.24) is 4.90 Å². The second-order valence-corrected chi connectivity index (χ2v) is 7.79. The molecule has 3 N–H and O–H groups in total. The van der Waals surface area contributed by atoms with E-state index < -0.39 is 0 Å². The number of thiocarbonyl (C=S) groups is 1. The Morgan fingerprint density at radius 3 is 2.50 bits per heavy atom. The van der Waals surface area contributed by atoms with E-state index in [1.165, 1.54) is 5.56 Å². The first-order valence-electron chi connectivity index (χ1n) is 9.45. The maximum absolute atomic E-state index is 9.39. The molecule has 0 amide bonds. The lowest BCUT2D eigenvalue weighted by Gasteiger charge is -2.35. The number of amidine groups is 1. The van der Waals surface area contributed by atoms with Gasteiger partial charge in [0, 0.05) is 25.2 Å². The van der Waals surface area contributed by atoms with Gasteiger partial charge in [-0.15, -0.1) is 0 Å². The maximum atomic E-state index is 9.39. The molecule has 3 rings (SSSR count). The molecule has 0 atom stereocenters. The number of aliphatic imine (C=N–C) groups is 1. The lowest BCUT2D eigenvalue weighted by Crippen LogP contribution is -2.51. The molecular weight excluding hydrogens is 370 g/mol. The Morgan fingerprint density at radius 2 is 1.86 bits per heavy atom. The molecule has 2 aromatic rings. The summed E-state index contributed by atoms with van der Waals surface area (Å²) in [7, 11) is 0. The number of aliphatic hydroxyl groups is 1. The summed E-state index contributed by atoms with van der Waals surface area (Å²) in [6, 6.07) is 11.9. The summed E-state index contributed by atoms with van der Waals surface area (Å²) in [5, 5.41) is 9.49. The first kappa shape index (κ1) is 20.5. The van der Waals surface area contributed by atoms with Crippen LogP contribution in [0, 0.1) is 20.8 Å². The van der Waals surface area contributed by atoms with Crippen molar-refractivity contribution in [3.63, 3.8) is 0 Å². The number of ether oxygens (including phenoxy) is 1. The monoisotopic (exact) mass is 397 g/mol. The van der Waals surface area contributed by atoms with E-state index in [9.17, 15) is 5.11 Å². The second kappa shape index (κ2) is 8.82. The quantitative estimate of drug-likeness (QED) is 0.461. The predicted octanol–water partition coefficient (Wildman–Crippen LogP) is 2.90. The minimum atomic E-state index is -0.160. The largest absolute Gasteiger partial charge is 0.430 e. The zero-order chi connectivity index (χ0) is 20.3. The number of hydrogen-bond acceptors (Lipinski definition) is 4. The van der Waals surface area contributed by atoms with Crippen LogP contribution in [-0.2, 0) is 6.42 Å². The Kier molecular flexibility index (Phi) is 6.44. The highest BCUT2D eigenvalue weighted by molar-refractivity contribution is 7.80. The van der Waals surface area contributed by atoms with Crippen LogP contribution >= 0.6 is 12.2 Å².